The standard InChI is InChI=1S/C17H19N3O2/c1-2-11-22-15-6-4-3-5-14(15)17(21)19-13-7-8-16-18-9-10-20(16)12-13/h2-6,9-10,13H,1,7-8,11-12H2,(H,19,21)/t13-/m1/s1. The third-order valence-corrected chi connectivity index (χ3v) is 3.76. The van der Waals surface area contributed by atoms with Gasteiger partial charge in [0.1, 0.15) is 18.2 Å². The van der Waals surface area contributed by atoms with Crippen LogP contribution in [0.1, 0.15) is 22.6 Å². The maximum Gasteiger partial charge on any atom is 0.255 e. The Hall–Kier alpha value is -2.56. The molecule has 5 nitrogen and oxygen atoms in total. The maximum atomic E-state index is 12.5. The summed E-state index contributed by atoms with van der Waals surface area (Å²) in [6, 6.07) is 7.38. The first kappa shape index (κ1) is 14.4. The number of rotatable bonds is 5. The van der Waals surface area contributed by atoms with Crippen molar-refractivity contribution < 1.29 is 9.53 Å². The Morgan fingerprint density at radius 3 is 3.23 bits per heavy atom. The molecule has 1 aromatic carbocycles. The summed E-state index contributed by atoms with van der Waals surface area (Å²) in [6.07, 6.45) is 7.20. The zero-order chi connectivity index (χ0) is 15.4. The van der Waals surface area contributed by atoms with Gasteiger partial charge in [-0.05, 0) is 18.6 Å². The number of hydrogen-bond donors (Lipinski definition) is 1. The van der Waals surface area contributed by atoms with Crippen LogP contribution in [0, 0.1) is 0 Å². The number of hydrogen-bond acceptors (Lipinski definition) is 3. The lowest BCUT2D eigenvalue weighted by Gasteiger charge is -2.25. The van der Waals surface area contributed by atoms with Gasteiger partial charge in [-0.15, -0.1) is 0 Å². The average Bonchev–Trinajstić information content (AvgIpc) is 3.00. The largest absolute Gasteiger partial charge is 0.489 e. The summed E-state index contributed by atoms with van der Waals surface area (Å²) in [5.41, 5.74) is 0.556. The molecule has 114 valence electrons. The summed E-state index contributed by atoms with van der Waals surface area (Å²) >= 11 is 0. The maximum absolute atomic E-state index is 12.5. The zero-order valence-electron chi connectivity index (χ0n) is 12.4. The van der Waals surface area contributed by atoms with Crippen molar-refractivity contribution in [2.45, 2.75) is 25.4 Å². The predicted octanol–water partition coefficient (Wildman–Crippen LogP) is 2.19. The van der Waals surface area contributed by atoms with E-state index in [1.807, 2.05) is 18.3 Å². The molecule has 1 aromatic heterocycles. The van der Waals surface area contributed by atoms with Gasteiger partial charge in [0.15, 0.2) is 0 Å². The van der Waals surface area contributed by atoms with Gasteiger partial charge in [-0.25, -0.2) is 4.98 Å². The molecule has 0 radical (unpaired) electrons. The van der Waals surface area contributed by atoms with Crippen molar-refractivity contribution in [3.8, 4) is 5.75 Å². The van der Waals surface area contributed by atoms with Crippen molar-refractivity contribution in [3.63, 3.8) is 0 Å². The van der Waals surface area contributed by atoms with Crippen LogP contribution < -0.4 is 10.1 Å². The third kappa shape index (κ3) is 3.03. The molecule has 1 N–H and O–H groups in total. The Balaban J connectivity index is 1.69. The van der Waals surface area contributed by atoms with Crippen LogP contribution in [0.2, 0.25) is 0 Å². The van der Waals surface area contributed by atoms with Gasteiger partial charge in [0.25, 0.3) is 5.91 Å². The molecular weight excluding hydrogens is 278 g/mol. The van der Waals surface area contributed by atoms with E-state index in [1.54, 1.807) is 24.4 Å². The van der Waals surface area contributed by atoms with Crippen LogP contribution >= 0.6 is 0 Å². The van der Waals surface area contributed by atoms with Gasteiger partial charge in [0.05, 0.1) is 5.56 Å². The van der Waals surface area contributed by atoms with Crippen LogP contribution in [-0.4, -0.2) is 28.1 Å². The number of ether oxygens (including phenoxy) is 1. The number of amides is 1. The number of nitrogens with one attached hydrogen (secondary N) is 1. The second kappa shape index (κ2) is 6.47. The van der Waals surface area contributed by atoms with E-state index >= 15 is 0 Å². The molecule has 0 fully saturated rings. The summed E-state index contributed by atoms with van der Waals surface area (Å²) in [5.74, 6) is 1.56. The van der Waals surface area contributed by atoms with E-state index in [9.17, 15) is 4.79 Å². The Morgan fingerprint density at radius 2 is 2.36 bits per heavy atom. The SMILES string of the molecule is C=CCOc1ccccc1C(=O)N[C@@H]1CCc2nccn2C1. The van der Waals surface area contributed by atoms with Crippen LogP contribution in [0.15, 0.2) is 49.3 Å². The molecule has 3 rings (SSSR count). The zero-order valence-corrected chi connectivity index (χ0v) is 12.4. The van der Waals surface area contributed by atoms with Gasteiger partial charge in [0, 0.05) is 31.4 Å². The van der Waals surface area contributed by atoms with Gasteiger partial charge in [-0.2, -0.15) is 0 Å². The minimum Gasteiger partial charge on any atom is -0.489 e. The Labute approximate surface area is 129 Å². The van der Waals surface area contributed by atoms with E-state index in [1.165, 1.54) is 0 Å². The van der Waals surface area contributed by atoms with E-state index < -0.39 is 0 Å². The highest BCUT2D eigenvalue weighted by Gasteiger charge is 2.22. The van der Waals surface area contributed by atoms with Crippen molar-refractivity contribution in [2.24, 2.45) is 0 Å². The minimum absolute atomic E-state index is 0.103. The summed E-state index contributed by atoms with van der Waals surface area (Å²) in [6.45, 7) is 4.77. The number of para-hydroxylation sites is 1. The number of carbonyl (C=O) groups excluding carboxylic acids is 1. The molecule has 0 saturated carbocycles. The fourth-order valence-corrected chi connectivity index (χ4v) is 2.68. The van der Waals surface area contributed by atoms with Crippen molar-refractivity contribution >= 4 is 5.91 Å². The molecule has 5 heteroatoms. The highest BCUT2D eigenvalue weighted by atomic mass is 16.5. The summed E-state index contributed by atoms with van der Waals surface area (Å²) in [4.78, 5) is 16.8. The third-order valence-electron chi connectivity index (χ3n) is 3.76. The summed E-state index contributed by atoms with van der Waals surface area (Å²) < 4.78 is 7.64. The Kier molecular flexibility index (Phi) is 4.23. The summed E-state index contributed by atoms with van der Waals surface area (Å²) in [5, 5.41) is 3.09. The van der Waals surface area contributed by atoms with Crippen molar-refractivity contribution in [3.05, 3.63) is 60.7 Å². The van der Waals surface area contributed by atoms with E-state index in [-0.39, 0.29) is 11.9 Å². The van der Waals surface area contributed by atoms with Crippen molar-refractivity contribution in [2.75, 3.05) is 6.61 Å². The molecular formula is C17H19N3O2. The molecule has 0 unspecified atom stereocenters. The number of imidazole rings is 1. The van der Waals surface area contributed by atoms with E-state index in [0.29, 0.717) is 17.9 Å². The Bertz CT molecular complexity index is 678. The smallest absolute Gasteiger partial charge is 0.255 e. The molecule has 1 atom stereocenters. The molecule has 1 aliphatic rings. The van der Waals surface area contributed by atoms with Gasteiger partial charge >= 0.3 is 0 Å². The second-order valence-electron chi connectivity index (χ2n) is 5.30. The lowest BCUT2D eigenvalue weighted by molar-refractivity contribution is 0.0924. The lowest BCUT2D eigenvalue weighted by Crippen LogP contribution is -2.41. The first-order valence-corrected chi connectivity index (χ1v) is 7.41. The van der Waals surface area contributed by atoms with E-state index in [2.05, 4.69) is 21.4 Å². The minimum atomic E-state index is -0.103. The normalized spacial score (nSPS) is 16.6. The quantitative estimate of drug-likeness (QED) is 0.861. The van der Waals surface area contributed by atoms with Gasteiger partial charge in [-0.3, -0.25) is 4.79 Å². The molecule has 1 amide bonds. The number of aryl methyl sites for hydroxylation is 1. The molecule has 2 heterocycles. The van der Waals surface area contributed by atoms with Crippen molar-refractivity contribution in [1.82, 2.24) is 14.9 Å². The Morgan fingerprint density at radius 1 is 1.50 bits per heavy atom. The molecule has 0 aliphatic carbocycles. The number of aromatic nitrogens is 2. The number of fused-ring (bicyclic) bond motifs is 1. The van der Waals surface area contributed by atoms with E-state index in [0.717, 1.165) is 25.2 Å². The van der Waals surface area contributed by atoms with Gasteiger partial charge in [0.2, 0.25) is 0 Å². The predicted molar refractivity (Wildman–Crippen MR) is 83.9 cm³/mol. The monoisotopic (exact) mass is 297 g/mol. The molecule has 22 heavy (non-hydrogen) atoms. The molecule has 1 aliphatic heterocycles. The molecule has 2 aromatic rings. The van der Waals surface area contributed by atoms with E-state index in [4.69, 9.17) is 4.74 Å². The fourth-order valence-electron chi connectivity index (χ4n) is 2.68. The lowest BCUT2D eigenvalue weighted by atomic mass is 10.1. The topological polar surface area (TPSA) is 56.1 Å². The number of carbonyl (C=O) groups is 1. The first-order chi connectivity index (χ1) is 10.8. The second-order valence-corrected chi connectivity index (χ2v) is 5.30. The van der Waals surface area contributed by atoms with Crippen molar-refractivity contribution in [1.29, 1.82) is 0 Å². The van der Waals surface area contributed by atoms with Crippen LogP contribution in [-0.2, 0) is 13.0 Å². The molecule has 0 bridgehead atoms. The van der Waals surface area contributed by atoms with Crippen LogP contribution in [0.4, 0.5) is 0 Å². The van der Waals surface area contributed by atoms with Crippen LogP contribution in [0.3, 0.4) is 0 Å². The molecule has 0 saturated heterocycles. The highest BCUT2D eigenvalue weighted by Crippen LogP contribution is 2.19. The number of nitrogens with zero attached hydrogens (tertiary/aromatic N) is 2. The van der Waals surface area contributed by atoms with Crippen LogP contribution in [0.25, 0.3) is 0 Å². The summed E-state index contributed by atoms with van der Waals surface area (Å²) in [7, 11) is 0. The first-order valence-electron chi connectivity index (χ1n) is 7.41. The number of benzene rings is 1. The highest BCUT2D eigenvalue weighted by molar-refractivity contribution is 5.97. The van der Waals surface area contributed by atoms with Gasteiger partial charge < -0.3 is 14.6 Å². The fraction of sp³-hybridized carbons (Fsp3) is 0.294. The average molecular weight is 297 g/mol. The van der Waals surface area contributed by atoms with Gasteiger partial charge in [-0.1, -0.05) is 24.8 Å². The molecule has 0 spiro atoms. The van der Waals surface area contributed by atoms with Crippen LogP contribution in [0.5, 0.6) is 5.75 Å².